The second kappa shape index (κ2) is 5.55. The van der Waals surface area contributed by atoms with E-state index < -0.39 is 0 Å². The van der Waals surface area contributed by atoms with E-state index in [4.69, 9.17) is 0 Å². The molecule has 17 heavy (non-hydrogen) atoms. The molecule has 1 aliphatic rings. The van der Waals surface area contributed by atoms with E-state index in [0.717, 1.165) is 38.0 Å². The molecule has 2 rings (SSSR count). The molecule has 0 saturated carbocycles. The van der Waals surface area contributed by atoms with Crippen molar-refractivity contribution in [2.24, 2.45) is 0 Å². The number of hydrogen-bond acceptors (Lipinski definition) is 5. The SMILES string of the molecule is CCc1nnsc1C(=O)N1CCCC(NC)C1. The van der Waals surface area contributed by atoms with E-state index in [2.05, 4.69) is 14.9 Å². The van der Waals surface area contributed by atoms with Gasteiger partial charge in [0, 0.05) is 19.1 Å². The third-order valence-corrected chi connectivity index (χ3v) is 3.96. The van der Waals surface area contributed by atoms with Gasteiger partial charge in [0.2, 0.25) is 0 Å². The van der Waals surface area contributed by atoms with Gasteiger partial charge in [0.15, 0.2) is 0 Å². The average Bonchev–Trinajstić information content (AvgIpc) is 2.86. The summed E-state index contributed by atoms with van der Waals surface area (Å²) in [6.45, 7) is 3.63. The molecule has 1 atom stereocenters. The number of rotatable bonds is 3. The molecular formula is C11H18N4OS. The van der Waals surface area contributed by atoms with Crippen LogP contribution in [0.5, 0.6) is 0 Å². The van der Waals surface area contributed by atoms with Crippen LogP contribution in [0.25, 0.3) is 0 Å². The van der Waals surface area contributed by atoms with Crippen LogP contribution in [-0.4, -0.2) is 46.6 Å². The minimum atomic E-state index is 0.0943. The van der Waals surface area contributed by atoms with Crippen molar-refractivity contribution in [2.75, 3.05) is 20.1 Å². The van der Waals surface area contributed by atoms with E-state index in [1.54, 1.807) is 0 Å². The molecule has 5 nitrogen and oxygen atoms in total. The van der Waals surface area contributed by atoms with Crippen molar-refractivity contribution in [3.63, 3.8) is 0 Å². The number of likely N-dealkylation sites (tertiary alicyclic amines) is 1. The summed E-state index contributed by atoms with van der Waals surface area (Å²) in [6.07, 6.45) is 2.97. The third-order valence-electron chi connectivity index (χ3n) is 3.20. The van der Waals surface area contributed by atoms with Gasteiger partial charge in [0.25, 0.3) is 5.91 Å². The Morgan fingerprint density at radius 1 is 1.65 bits per heavy atom. The summed E-state index contributed by atoms with van der Waals surface area (Å²) >= 11 is 1.21. The van der Waals surface area contributed by atoms with E-state index in [9.17, 15) is 4.79 Å². The zero-order valence-electron chi connectivity index (χ0n) is 10.3. The van der Waals surface area contributed by atoms with Crippen LogP contribution in [0.3, 0.4) is 0 Å². The van der Waals surface area contributed by atoms with Crippen molar-refractivity contribution in [3.05, 3.63) is 10.6 Å². The number of hydrogen-bond donors (Lipinski definition) is 1. The molecule has 0 bridgehead atoms. The Kier molecular flexibility index (Phi) is 4.06. The molecule has 1 aromatic heterocycles. The molecule has 0 spiro atoms. The maximum Gasteiger partial charge on any atom is 0.267 e. The first-order valence-electron chi connectivity index (χ1n) is 6.04. The Labute approximate surface area is 105 Å². The van der Waals surface area contributed by atoms with E-state index in [0.29, 0.717) is 10.9 Å². The maximum atomic E-state index is 12.3. The van der Waals surface area contributed by atoms with Gasteiger partial charge in [-0.15, -0.1) is 5.10 Å². The molecule has 1 unspecified atom stereocenters. The summed E-state index contributed by atoms with van der Waals surface area (Å²) in [6, 6.07) is 0.415. The standard InChI is InChI=1S/C11H18N4OS/c1-3-9-10(17-14-13-9)11(16)15-6-4-5-8(7-15)12-2/h8,12H,3-7H2,1-2H3. The van der Waals surface area contributed by atoms with E-state index >= 15 is 0 Å². The van der Waals surface area contributed by atoms with Crippen LogP contribution >= 0.6 is 11.5 Å². The van der Waals surface area contributed by atoms with Gasteiger partial charge >= 0.3 is 0 Å². The van der Waals surface area contributed by atoms with E-state index in [1.165, 1.54) is 11.5 Å². The highest BCUT2D eigenvalue weighted by Gasteiger charge is 2.26. The largest absolute Gasteiger partial charge is 0.336 e. The number of carbonyl (C=O) groups is 1. The lowest BCUT2D eigenvalue weighted by molar-refractivity contribution is 0.0702. The van der Waals surface area contributed by atoms with Crippen molar-refractivity contribution >= 4 is 17.4 Å². The van der Waals surface area contributed by atoms with Gasteiger partial charge in [0.05, 0.1) is 5.69 Å². The van der Waals surface area contributed by atoms with Crippen LogP contribution in [0.2, 0.25) is 0 Å². The molecule has 1 aromatic rings. The van der Waals surface area contributed by atoms with Gasteiger partial charge in [-0.2, -0.15) is 0 Å². The normalized spacial score (nSPS) is 20.6. The fourth-order valence-corrected chi connectivity index (χ4v) is 2.86. The second-order valence-corrected chi connectivity index (χ2v) is 5.04. The van der Waals surface area contributed by atoms with Crippen molar-refractivity contribution in [1.29, 1.82) is 0 Å². The predicted molar refractivity (Wildman–Crippen MR) is 67.3 cm³/mol. The summed E-state index contributed by atoms with van der Waals surface area (Å²) < 4.78 is 3.88. The predicted octanol–water partition coefficient (Wildman–Crippen LogP) is 0.924. The lowest BCUT2D eigenvalue weighted by Gasteiger charge is -2.32. The first-order valence-corrected chi connectivity index (χ1v) is 6.81. The fraction of sp³-hybridized carbons (Fsp3) is 0.727. The Balaban J connectivity index is 2.09. The van der Waals surface area contributed by atoms with Gasteiger partial charge in [-0.3, -0.25) is 4.79 Å². The van der Waals surface area contributed by atoms with Crippen LogP contribution in [0, 0.1) is 0 Å². The number of aryl methyl sites for hydroxylation is 1. The number of amides is 1. The molecule has 0 radical (unpaired) electrons. The molecule has 1 aliphatic heterocycles. The minimum absolute atomic E-state index is 0.0943. The first-order chi connectivity index (χ1) is 8.26. The van der Waals surface area contributed by atoms with Gasteiger partial charge in [-0.25, -0.2) is 0 Å². The number of piperidine rings is 1. The smallest absolute Gasteiger partial charge is 0.267 e. The first kappa shape index (κ1) is 12.4. The number of likely N-dealkylation sites (N-methyl/N-ethyl adjacent to an activating group) is 1. The number of nitrogens with zero attached hydrogens (tertiary/aromatic N) is 3. The lowest BCUT2D eigenvalue weighted by atomic mass is 10.1. The summed E-state index contributed by atoms with van der Waals surface area (Å²) in [5, 5.41) is 7.24. The van der Waals surface area contributed by atoms with Gasteiger partial charge in [-0.1, -0.05) is 11.4 Å². The van der Waals surface area contributed by atoms with Crippen LogP contribution in [0.1, 0.15) is 35.1 Å². The Morgan fingerprint density at radius 2 is 2.47 bits per heavy atom. The summed E-state index contributed by atoms with van der Waals surface area (Å²) in [7, 11) is 1.95. The number of nitrogens with one attached hydrogen (secondary N) is 1. The van der Waals surface area contributed by atoms with Gasteiger partial charge in [-0.05, 0) is 37.8 Å². The lowest BCUT2D eigenvalue weighted by Crippen LogP contribution is -2.46. The van der Waals surface area contributed by atoms with Crippen LogP contribution in [0.15, 0.2) is 0 Å². The average molecular weight is 254 g/mol. The zero-order chi connectivity index (χ0) is 12.3. The van der Waals surface area contributed by atoms with Crippen molar-refractivity contribution in [3.8, 4) is 0 Å². The number of aromatic nitrogens is 2. The summed E-state index contributed by atoms with van der Waals surface area (Å²) in [5.74, 6) is 0.0943. The van der Waals surface area contributed by atoms with Crippen LogP contribution in [-0.2, 0) is 6.42 Å². The highest BCUT2D eigenvalue weighted by molar-refractivity contribution is 7.08. The third kappa shape index (κ3) is 2.63. The molecule has 1 fully saturated rings. The molecule has 0 aliphatic carbocycles. The second-order valence-electron chi connectivity index (χ2n) is 4.28. The Morgan fingerprint density at radius 3 is 3.18 bits per heavy atom. The van der Waals surface area contributed by atoms with Crippen molar-refractivity contribution < 1.29 is 4.79 Å². The molecule has 94 valence electrons. The zero-order valence-corrected chi connectivity index (χ0v) is 11.1. The highest BCUT2D eigenvalue weighted by atomic mass is 32.1. The molecule has 1 saturated heterocycles. The van der Waals surface area contributed by atoms with Crippen LogP contribution < -0.4 is 5.32 Å². The molecule has 2 heterocycles. The van der Waals surface area contributed by atoms with Gasteiger partial charge < -0.3 is 10.2 Å². The van der Waals surface area contributed by atoms with E-state index in [1.807, 2.05) is 18.9 Å². The Bertz CT molecular complexity index is 393. The molecule has 1 amide bonds. The van der Waals surface area contributed by atoms with Crippen LogP contribution in [0.4, 0.5) is 0 Å². The molecule has 6 heteroatoms. The monoisotopic (exact) mass is 254 g/mol. The number of carbonyl (C=O) groups excluding carboxylic acids is 1. The van der Waals surface area contributed by atoms with E-state index in [-0.39, 0.29) is 5.91 Å². The quantitative estimate of drug-likeness (QED) is 0.871. The summed E-state index contributed by atoms with van der Waals surface area (Å²) in [5.41, 5.74) is 0.826. The van der Waals surface area contributed by atoms with Crippen molar-refractivity contribution in [2.45, 2.75) is 32.2 Å². The Hall–Kier alpha value is -1.01. The molecular weight excluding hydrogens is 236 g/mol. The summed E-state index contributed by atoms with van der Waals surface area (Å²) in [4.78, 5) is 15.0. The molecule has 0 aromatic carbocycles. The topological polar surface area (TPSA) is 58.1 Å². The minimum Gasteiger partial charge on any atom is -0.336 e. The fourth-order valence-electron chi connectivity index (χ4n) is 2.14. The highest BCUT2D eigenvalue weighted by Crippen LogP contribution is 2.18. The van der Waals surface area contributed by atoms with Crippen molar-refractivity contribution in [1.82, 2.24) is 19.8 Å². The maximum absolute atomic E-state index is 12.3. The van der Waals surface area contributed by atoms with Gasteiger partial charge in [0.1, 0.15) is 4.88 Å². The molecule has 1 N–H and O–H groups in total.